The summed E-state index contributed by atoms with van der Waals surface area (Å²) < 4.78 is 24.4. The lowest BCUT2D eigenvalue weighted by atomic mass is 9.90. The van der Waals surface area contributed by atoms with Gasteiger partial charge in [-0.15, -0.1) is 0 Å². The molecule has 2 aliphatic rings. The van der Waals surface area contributed by atoms with E-state index in [-0.39, 0.29) is 5.82 Å². The van der Waals surface area contributed by atoms with Crippen molar-refractivity contribution in [2.45, 2.75) is 24.9 Å². The van der Waals surface area contributed by atoms with E-state index in [1.165, 1.54) is 11.6 Å². The van der Waals surface area contributed by atoms with Crippen molar-refractivity contribution in [1.82, 2.24) is 4.90 Å². The molecule has 1 aromatic carbocycles. The Balaban J connectivity index is 1.83. The molecule has 20 heavy (non-hydrogen) atoms. The summed E-state index contributed by atoms with van der Waals surface area (Å²) in [6.07, 6.45) is 3.99. The van der Waals surface area contributed by atoms with Crippen molar-refractivity contribution in [2.75, 3.05) is 27.4 Å². The van der Waals surface area contributed by atoms with Gasteiger partial charge in [0, 0.05) is 11.6 Å². The number of nitrogens with zero attached hydrogens (tertiary/aromatic N) is 1. The molecule has 2 atom stereocenters. The first-order valence-corrected chi connectivity index (χ1v) is 6.99. The minimum Gasteiger partial charge on any atom is -0.496 e. The lowest BCUT2D eigenvalue weighted by Crippen LogP contribution is -2.51. The second-order valence-corrected chi connectivity index (χ2v) is 5.59. The van der Waals surface area contributed by atoms with Crippen molar-refractivity contribution in [3.8, 4) is 5.75 Å². The Morgan fingerprint density at radius 1 is 1.40 bits per heavy atom. The van der Waals surface area contributed by atoms with Gasteiger partial charge in [-0.05, 0) is 38.1 Å². The summed E-state index contributed by atoms with van der Waals surface area (Å²) in [6.45, 7) is 1.53. The molecule has 0 spiro atoms. The average Bonchev–Trinajstić information content (AvgIpc) is 2.40. The van der Waals surface area contributed by atoms with Crippen molar-refractivity contribution in [3.63, 3.8) is 0 Å². The lowest BCUT2D eigenvalue weighted by molar-refractivity contribution is -0.0260. The molecule has 3 nitrogen and oxygen atoms in total. The van der Waals surface area contributed by atoms with Crippen LogP contribution in [0.2, 0.25) is 0 Å². The van der Waals surface area contributed by atoms with Crippen LogP contribution in [-0.4, -0.2) is 44.4 Å². The maximum absolute atomic E-state index is 13.4. The minimum atomic E-state index is -0.210. The van der Waals surface area contributed by atoms with Gasteiger partial charge in [0.05, 0.1) is 26.4 Å². The zero-order valence-corrected chi connectivity index (χ0v) is 11.9. The van der Waals surface area contributed by atoms with Crippen LogP contribution in [-0.2, 0) is 11.2 Å². The highest BCUT2D eigenvalue weighted by Crippen LogP contribution is 2.30. The van der Waals surface area contributed by atoms with E-state index < -0.39 is 0 Å². The predicted octanol–water partition coefficient (Wildman–Crippen LogP) is 2.41. The summed E-state index contributed by atoms with van der Waals surface area (Å²) in [7, 11) is 3.77. The van der Waals surface area contributed by atoms with Crippen LogP contribution in [0.3, 0.4) is 0 Å². The Morgan fingerprint density at radius 3 is 3.00 bits per heavy atom. The van der Waals surface area contributed by atoms with Gasteiger partial charge in [0.15, 0.2) is 0 Å². The van der Waals surface area contributed by atoms with Crippen molar-refractivity contribution in [3.05, 3.63) is 41.2 Å². The second kappa shape index (κ2) is 5.54. The fourth-order valence-electron chi connectivity index (χ4n) is 3.10. The molecule has 2 aliphatic heterocycles. The van der Waals surface area contributed by atoms with E-state index in [1.807, 2.05) is 0 Å². The Labute approximate surface area is 119 Å². The highest BCUT2D eigenvalue weighted by atomic mass is 19.1. The first-order valence-electron chi connectivity index (χ1n) is 6.99. The van der Waals surface area contributed by atoms with Gasteiger partial charge < -0.3 is 9.47 Å². The van der Waals surface area contributed by atoms with Crippen LogP contribution >= 0.6 is 0 Å². The number of benzene rings is 1. The number of hydrogen-bond donors (Lipinski definition) is 0. The zero-order chi connectivity index (χ0) is 14.1. The van der Waals surface area contributed by atoms with E-state index in [1.54, 1.807) is 19.2 Å². The van der Waals surface area contributed by atoms with E-state index >= 15 is 0 Å². The number of likely N-dealkylation sites (N-methyl/N-ethyl adjacent to an activating group) is 1. The first kappa shape index (κ1) is 13.6. The number of methoxy groups -OCH3 is 1. The third kappa shape index (κ3) is 2.58. The first-order chi connectivity index (χ1) is 9.67. The minimum absolute atomic E-state index is 0.210. The molecule has 108 valence electrons. The molecule has 2 unspecified atom stereocenters. The molecule has 2 bridgehead atoms. The average molecular weight is 277 g/mol. The molecular weight excluding hydrogens is 257 g/mol. The van der Waals surface area contributed by atoms with Crippen molar-refractivity contribution >= 4 is 0 Å². The van der Waals surface area contributed by atoms with Gasteiger partial charge in [-0.3, -0.25) is 4.90 Å². The largest absolute Gasteiger partial charge is 0.496 e. The molecule has 0 amide bonds. The lowest BCUT2D eigenvalue weighted by Gasteiger charge is -2.42. The Hall–Kier alpha value is -1.39. The van der Waals surface area contributed by atoms with E-state index in [9.17, 15) is 4.39 Å². The van der Waals surface area contributed by atoms with Gasteiger partial charge in [-0.1, -0.05) is 11.6 Å². The number of morpholine rings is 1. The quantitative estimate of drug-likeness (QED) is 0.792. The predicted molar refractivity (Wildman–Crippen MR) is 75.5 cm³/mol. The number of ether oxygens (including phenoxy) is 2. The van der Waals surface area contributed by atoms with Gasteiger partial charge in [-0.25, -0.2) is 4.39 Å². The molecule has 0 N–H and O–H groups in total. The topological polar surface area (TPSA) is 21.7 Å². The molecule has 0 radical (unpaired) electrons. The molecule has 2 heterocycles. The number of rotatable bonds is 3. The fourth-order valence-corrected chi connectivity index (χ4v) is 3.10. The third-order valence-electron chi connectivity index (χ3n) is 4.28. The maximum Gasteiger partial charge on any atom is 0.123 e. The van der Waals surface area contributed by atoms with Crippen LogP contribution in [0.4, 0.5) is 4.39 Å². The number of fused-ring (bicyclic) bond motifs is 2. The Kier molecular flexibility index (Phi) is 3.76. The van der Waals surface area contributed by atoms with Crippen molar-refractivity contribution in [2.24, 2.45) is 0 Å². The number of halogens is 1. The third-order valence-corrected chi connectivity index (χ3v) is 4.28. The molecule has 1 saturated heterocycles. The van der Waals surface area contributed by atoms with Crippen LogP contribution in [0.5, 0.6) is 5.75 Å². The SMILES string of the molecule is COc1ccc(F)cc1CC1=CC2COCC(C1)N2C. The monoisotopic (exact) mass is 277 g/mol. The van der Waals surface area contributed by atoms with Crippen LogP contribution in [0, 0.1) is 5.82 Å². The van der Waals surface area contributed by atoms with Gasteiger partial charge in [0.1, 0.15) is 11.6 Å². The van der Waals surface area contributed by atoms with Crippen LogP contribution < -0.4 is 4.74 Å². The summed E-state index contributed by atoms with van der Waals surface area (Å²) in [6, 6.07) is 5.49. The molecule has 3 rings (SSSR count). The Bertz CT molecular complexity index is 529. The molecule has 1 fully saturated rings. The smallest absolute Gasteiger partial charge is 0.123 e. The van der Waals surface area contributed by atoms with Gasteiger partial charge in [0.2, 0.25) is 0 Å². The van der Waals surface area contributed by atoms with Crippen LogP contribution in [0.1, 0.15) is 12.0 Å². The highest BCUT2D eigenvalue weighted by molar-refractivity contribution is 5.37. The summed E-state index contributed by atoms with van der Waals surface area (Å²) in [5.74, 6) is 0.547. The normalized spacial score (nSPS) is 26.2. The molecule has 1 aromatic rings. The fraction of sp³-hybridized carbons (Fsp3) is 0.500. The van der Waals surface area contributed by atoms with E-state index in [0.717, 1.165) is 37.4 Å². The van der Waals surface area contributed by atoms with E-state index in [2.05, 4.69) is 18.0 Å². The molecule has 0 saturated carbocycles. The van der Waals surface area contributed by atoms with Crippen LogP contribution in [0.25, 0.3) is 0 Å². The summed E-state index contributed by atoms with van der Waals surface area (Å²) in [5, 5.41) is 0. The molecule has 0 aromatic heterocycles. The second-order valence-electron chi connectivity index (χ2n) is 5.59. The highest BCUT2D eigenvalue weighted by Gasteiger charge is 2.31. The molecular formula is C16H20FNO2. The van der Waals surface area contributed by atoms with E-state index in [0.29, 0.717) is 12.1 Å². The van der Waals surface area contributed by atoms with Gasteiger partial charge in [0.25, 0.3) is 0 Å². The molecule has 0 aliphatic carbocycles. The van der Waals surface area contributed by atoms with Crippen LogP contribution in [0.15, 0.2) is 29.8 Å². The standard InChI is InChI=1S/C16H20FNO2/c1-18-14-6-11(7-15(18)10-20-9-14)5-12-8-13(17)3-4-16(12)19-2/h3-4,6,8,14-15H,5,7,9-10H2,1-2H3. The summed E-state index contributed by atoms with van der Waals surface area (Å²) >= 11 is 0. The number of hydrogen-bond acceptors (Lipinski definition) is 3. The van der Waals surface area contributed by atoms with Gasteiger partial charge in [-0.2, -0.15) is 0 Å². The van der Waals surface area contributed by atoms with Crippen molar-refractivity contribution in [1.29, 1.82) is 0 Å². The van der Waals surface area contributed by atoms with E-state index in [4.69, 9.17) is 9.47 Å². The summed E-state index contributed by atoms with van der Waals surface area (Å²) in [5.41, 5.74) is 2.27. The zero-order valence-electron chi connectivity index (χ0n) is 11.9. The van der Waals surface area contributed by atoms with Gasteiger partial charge >= 0.3 is 0 Å². The van der Waals surface area contributed by atoms with Crippen molar-refractivity contribution < 1.29 is 13.9 Å². The maximum atomic E-state index is 13.4. The molecule has 4 heteroatoms. The summed E-state index contributed by atoms with van der Waals surface area (Å²) in [4.78, 5) is 2.37. The Morgan fingerprint density at radius 2 is 2.25 bits per heavy atom.